The number of hydrogen-bond donors (Lipinski definition) is 0. The lowest BCUT2D eigenvalue weighted by Gasteiger charge is -2.17. The van der Waals surface area contributed by atoms with Crippen LogP contribution in [0.3, 0.4) is 0 Å². The molecular formula is C11H17ClN2O2. The van der Waals surface area contributed by atoms with Crippen LogP contribution < -0.4 is 9.47 Å². The number of nitrogens with zero attached hydrogens (tertiary/aromatic N) is 2. The van der Waals surface area contributed by atoms with Gasteiger partial charge in [0, 0.05) is 0 Å². The Morgan fingerprint density at radius 2 is 2.00 bits per heavy atom. The summed E-state index contributed by atoms with van der Waals surface area (Å²) in [4.78, 5) is 7.84. The minimum Gasteiger partial charge on any atom is -0.489 e. The normalized spacial score (nSPS) is 12.6. The van der Waals surface area contributed by atoms with Crippen LogP contribution >= 0.6 is 11.6 Å². The number of rotatable bonds is 5. The largest absolute Gasteiger partial charge is 0.489 e. The Balaban J connectivity index is 2.76. The molecule has 1 atom stereocenters. The molecule has 0 aliphatic carbocycles. The van der Waals surface area contributed by atoms with E-state index in [4.69, 9.17) is 21.1 Å². The first-order valence-electron chi connectivity index (χ1n) is 5.25. The van der Waals surface area contributed by atoms with Gasteiger partial charge in [-0.15, -0.1) is 0 Å². The quantitative estimate of drug-likeness (QED) is 0.747. The lowest BCUT2D eigenvalue weighted by atomic mass is 10.1. The highest BCUT2D eigenvalue weighted by atomic mass is 35.5. The molecule has 1 aromatic heterocycles. The fourth-order valence-corrected chi connectivity index (χ4v) is 1.70. The van der Waals surface area contributed by atoms with E-state index in [0.29, 0.717) is 17.5 Å². The van der Waals surface area contributed by atoms with Crippen molar-refractivity contribution in [3.8, 4) is 11.6 Å². The van der Waals surface area contributed by atoms with Gasteiger partial charge in [-0.1, -0.05) is 25.4 Å². The first-order valence-corrected chi connectivity index (χ1v) is 5.63. The Morgan fingerprint density at radius 3 is 2.56 bits per heavy atom. The summed E-state index contributed by atoms with van der Waals surface area (Å²) in [7, 11) is 1.52. The fraction of sp³-hybridized carbons (Fsp3) is 0.636. The molecule has 0 aromatic carbocycles. The van der Waals surface area contributed by atoms with Gasteiger partial charge in [-0.3, -0.25) is 0 Å². The van der Waals surface area contributed by atoms with E-state index >= 15 is 0 Å². The summed E-state index contributed by atoms with van der Waals surface area (Å²) in [5.74, 6) is 1.36. The van der Waals surface area contributed by atoms with Gasteiger partial charge < -0.3 is 9.47 Å². The van der Waals surface area contributed by atoms with Gasteiger partial charge in [0.05, 0.1) is 13.2 Å². The third-order valence-electron chi connectivity index (χ3n) is 2.05. The summed E-state index contributed by atoms with van der Waals surface area (Å²) >= 11 is 5.86. The van der Waals surface area contributed by atoms with Crippen molar-refractivity contribution < 1.29 is 9.47 Å². The lowest BCUT2D eigenvalue weighted by molar-refractivity contribution is 0.177. The van der Waals surface area contributed by atoms with Crippen molar-refractivity contribution in [3.05, 3.63) is 11.5 Å². The van der Waals surface area contributed by atoms with Crippen LogP contribution in [0.25, 0.3) is 0 Å². The van der Waals surface area contributed by atoms with Crippen LogP contribution in [0.4, 0.5) is 0 Å². The molecule has 0 spiro atoms. The minimum atomic E-state index is 0.0693. The third kappa shape index (κ3) is 3.52. The van der Waals surface area contributed by atoms with Crippen LogP contribution in [0.15, 0.2) is 6.33 Å². The molecule has 0 radical (unpaired) electrons. The number of ether oxygens (including phenoxy) is 2. The number of aromatic nitrogens is 2. The zero-order chi connectivity index (χ0) is 12.1. The van der Waals surface area contributed by atoms with Gasteiger partial charge in [0.1, 0.15) is 6.33 Å². The molecule has 0 saturated carbocycles. The van der Waals surface area contributed by atoms with Crippen molar-refractivity contribution in [1.29, 1.82) is 0 Å². The van der Waals surface area contributed by atoms with E-state index in [1.807, 2.05) is 6.92 Å². The summed E-state index contributed by atoms with van der Waals surface area (Å²) in [6.07, 6.45) is 2.38. The van der Waals surface area contributed by atoms with Gasteiger partial charge >= 0.3 is 0 Å². The summed E-state index contributed by atoms with van der Waals surface area (Å²) in [5.41, 5.74) is 0. The second kappa shape index (κ2) is 5.89. The average Bonchev–Trinajstić information content (AvgIpc) is 2.16. The molecule has 0 N–H and O–H groups in total. The molecule has 90 valence electrons. The Kier molecular flexibility index (Phi) is 4.80. The minimum absolute atomic E-state index is 0.0693. The summed E-state index contributed by atoms with van der Waals surface area (Å²) in [5, 5.41) is 0.268. The molecule has 1 unspecified atom stereocenters. The molecule has 1 aromatic rings. The van der Waals surface area contributed by atoms with Crippen molar-refractivity contribution >= 4 is 11.6 Å². The number of methoxy groups -OCH3 is 1. The average molecular weight is 245 g/mol. The summed E-state index contributed by atoms with van der Waals surface area (Å²) < 4.78 is 10.8. The highest BCUT2D eigenvalue weighted by Gasteiger charge is 2.15. The zero-order valence-electron chi connectivity index (χ0n) is 10.0. The maximum Gasteiger partial charge on any atom is 0.262 e. The van der Waals surface area contributed by atoms with E-state index in [0.717, 1.165) is 6.42 Å². The Hall–Kier alpha value is -1.03. The molecule has 0 aliphatic rings. The van der Waals surface area contributed by atoms with Crippen molar-refractivity contribution in [1.82, 2.24) is 9.97 Å². The maximum atomic E-state index is 5.86. The van der Waals surface area contributed by atoms with Crippen LogP contribution in [0.1, 0.15) is 27.2 Å². The SMILES string of the molecule is COc1c(Cl)ncnc1OC(C)CC(C)C. The molecule has 0 saturated heterocycles. The zero-order valence-corrected chi connectivity index (χ0v) is 10.8. The van der Waals surface area contributed by atoms with Crippen LogP contribution in [-0.4, -0.2) is 23.2 Å². The maximum absolute atomic E-state index is 5.86. The Bertz CT molecular complexity index is 345. The second-order valence-electron chi connectivity index (χ2n) is 4.06. The molecule has 1 rings (SSSR count). The smallest absolute Gasteiger partial charge is 0.262 e. The molecule has 0 bridgehead atoms. The molecule has 1 heterocycles. The first-order chi connectivity index (χ1) is 7.54. The highest BCUT2D eigenvalue weighted by Crippen LogP contribution is 2.31. The second-order valence-corrected chi connectivity index (χ2v) is 4.42. The third-order valence-corrected chi connectivity index (χ3v) is 2.32. The molecular weight excluding hydrogens is 228 g/mol. The van der Waals surface area contributed by atoms with Gasteiger partial charge in [-0.25, -0.2) is 4.98 Å². The molecule has 0 fully saturated rings. The monoisotopic (exact) mass is 244 g/mol. The van der Waals surface area contributed by atoms with Crippen LogP contribution in [-0.2, 0) is 0 Å². The van der Waals surface area contributed by atoms with Gasteiger partial charge in [0.25, 0.3) is 5.88 Å². The van der Waals surface area contributed by atoms with Gasteiger partial charge in [0.2, 0.25) is 5.75 Å². The Morgan fingerprint density at radius 1 is 1.31 bits per heavy atom. The van der Waals surface area contributed by atoms with E-state index in [1.165, 1.54) is 13.4 Å². The summed E-state index contributed by atoms with van der Waals surface area (Å²) in [6, 6.07) is 0. The van der Waals surface area contributed by atoms with Gasteiger partial charge in [0.15, 0.2) is 5.15 Å². The number of halogens is 1. The topological polar surface area (TPSA) is 44.2 Å². The number of hydrogen-bond acceptors (Lipinski definition) is 4. The molecule has 5 heteroatoms. The fourth-order valence-electron chi connectivity index (χ4n) is 1.50. The Labute approximate surface area is 101 Å². The molecule has 0 aliphatic heterocycles. The van der Waals surface area contributed by atoms with Crippen molar-refractivity contribution in [2.45, 2.75) is 33.3 Å². The van der Waals surface area contributed by atoms with Crippen molar-refractivity contribution in [2.24, 2.45) is 5.92 Å². The highest BCUT2D eigenvalue weighted by molar-refractivity contribution is 6.31. The first kappa shape index (κ1) is 13.0. The molecule has 16 heavy (non-hydrogen) atoms. The lowest BCUT2D eigenvalue weighted by Crippen LogP contribution is -2.15. The predicted molar refractivity (Wildman–Crippen MR) is 63.1 cm³/mol. The standard InChI is InChI=1S/C11H17ClN2O2/c1-7(2)5-8(3)16-11-9(15-4)10(12)13-6-14-11/h6-8H,5H2,1-4H3. The van der Waals surface area contributed by atoms with Crippen molar-refractivity contribution in [2.75, 3.05) is 7.11 Å². The van der Waals surface area contributed by atoms with Crippen LogP contribution in [0.2, 0.25) is 5.15 Å². The van der Waals surface area contributed by atoms with E-state index < -0.39 is 0 Å². The van der Waals surface area contributed by atoms with E-state index in [2.05, 4.69) is 23.8 Å². The summed E-state index contributed by atoms with van der Waals surface area (Å²) in [6.45, 7) is 6.28. The van der Waals surface area contributed by atoms with E-state index in [-0.39, 0.29) is 11.3 Å². The van der Waals surface area contributed by atoms with E-state index in [9.17, 15) is 0 Å². The molecule has 0 amide bonds. The van der Waals surface area contributed by atoms with E-state index in [1.54, 1.807) is 0 Å². The van der Waals surface area contributed by atoms with Crippen molar-refractivity contribution in [3.63, 3.8) is 0 Å². The van der Waals surface area contributed by atoms with Gasteiger partial charge in [-0.2, -0.15) is 4.98 Å². The van der Waals surface area contributed by atoms with Crippen LogP contribution in [0.5, 0.6) is 11.6 Å². The molecule has 4 nitrogen and oxygen atoms in total. The predicted octanol–water partition coefficient (Wildman–Crippen LogP) is 2.95. The van der Waals surface area contributed by atoms with Crippen LogP contribution in [0, 0.1) is 5.92 Å². The van der Waals surface area contributed by atoms with Gasteiger partial charge in [-0.05, 0) is 19.3 Å².